The number of rotatable bonds is 4. The maximum absolute atomic E-state index is 11.5. The van der Waals surface area contributed by atoms with E-state index in [0.29, 0.717) is 24.5 Å². The molecule has 5 nitrogen and oxygen atoms in total. The van der Waals surface area contributed by atoms with Crippen LogP contribution in [-0.2, 0) is 4.79 Å². The highest BCUT2D eigenvalue weighted by atomic mass is 35.5. The molecular formula is C14H18ClN3O2. The first-order valence-corrected chi connectivity index (χ1v) is 6.14. The van der Waals surface area contributed by atoms with Crippen molar-refractivity contribution in [1.82, 2.24) is 4.98 Å². The molecule has 20 heavy (non-hydrogen) atoms. The molecule has 0 radical (unpaired) electrons. The first-order chi connectivity index (χ1) is 9.10. The number of hydrogen-bond acceptors (Lipinski definition) is 4. The molecule has 1 heterocycles. The van der Waals surface area contributed by atoms with E-state index in [1.165, 1.54) is 0 Å². The van der Waals surface area contributed by atoms with Crippen LogP contribution in [0.2, 0.25) is 0 Å². The third-order valence-corrected chi connectivity index (χ3v) is 2.79. The van der Waals surface area contributed by atoms with Gasteiger partial charge in [0.2, 0.25) is 11.8 Å². The Kier molecular flexibility index (Phi) is 5.73. The number of benzene rings is 1. The third kappa shape index (κ3) is 3.82. The van der Waals surface area contributed by atoms with Gasteiger partial charge in [-0.1, -0.05) is 6.07 Å². The van der Waals surface area contributed by atoms with E-state index in [9.17, 15) is 4.79 Å². The SMILES string of the molecule is Cc1nc(-c2cccc(NC(=O)CCN)c2)oc1C.Cl. The zero-order valence-electron chi connectivity index (χ0n) is 11.5. The molecule has 0 atom stereocenters. The Hall–Kier alpha value is -1.85. The highest BCUT2D eigenvalue weighted by Crippen LogP contribution is 2.24. The number of carbonyl (C=O) groups is 1. The fourth-order valence-corrected chi connectivity index (χ4v) is 1.68. The molecule has 0 fully saturated rings. The van der Waals surface area contributed by atoms with Gasteiger partial charge >= 0.3 is 0 Å². The molecule has 0 bridgehead atoms. The van der Waals surface area contributed by atoms with E-state index < -0.39 is 0 Å². The Bertz CT molecular complexity index is 576. The molecular weight excluding hydrogens is 278 g/mol. The van der Waals surface area contributed by atoms with E-state index >= 15 is 0 Å². The minimum absolute atomic E-state index is 0. The summed E-state index contributed by atoms with van der Waals surface area (Å²) >= 11 is 0. The molecule has 0 saturated carbocycles. The molecule has 0 aliphatic rings. The van der Waals surface area contributed by atoms with Gasteiger partial charge in [0.25, 0.3) is 0 Å². The molecule has 0 spiro atoms. The molecule has 0 aliphatic heterocycles. The van der Waals surface area contributed by atoms with Crippen LogP contribution in [0.15, 0.2) is 28.7 Å². The van der Waals surface area contributed by atoms with Crippen LogP contribution in [0.5, 0.6) is 0 Å². The predicted molar refractivity (Wildman–Crippen MR) is 81.0 cm³/mol. The van der Waals surface area contributed by atoms with E-state index in [-0.39, 0.29) is 18.3 Å². The van der Waals surface area contributed by atoms with E-state index in [1.807, 2.05) is 38.1 Å². The Labute approximate surface area is 124 Å². The fourth-order valence-electron chi connectivity index (χ4n) is 1.68. The van der Waals surface area contributed by atoms with Gasteiger partial charge in [-0.3, -0.25) is 4.79 Å². The highest BCUT2D eigenvalue weighted by Gasteiger charge is 2.09. The lowest BCUT2D eigenvalue weighted by Gasteiger charge is -2.05. The van der Waals surface area contributed by atoms with Crippen LogP contribution in [0.25, 0.3) is 11.5 Å². The van der Waals surface area contributed by atoms with Gasteiger partial charge in [0, 0.05) is 24.2 Å². The van der Waals surface area contributed by atoms with Crippen LogP contribution in [-0.4, -0.2) is 17.4 Å². The smallest absolute Gasteiger partial charge is 0.226 e. The maximum Gasteiger partial charge on any atom is 0.226 e. The van der Waals surface area contributed by atoms with Crippen molar-refractivity contribution in [1.29, 1.82) is 0 Å². The van der Waals surface area contributed by atoms with Crippen molar-refractivity contribution in [3.8, 4) is 11.5 Å². The van der Waals surface area contributed by atoms with Crippen LogP contribution in [0.1, 0.15) is 17.9 Å². The summed E-state index contributed by atoms with van der Waals surface area (Å²) in [7, 11) is 0. The van der Waals surface area contributed by atoms with Crippen molar-refractivity contribution in [3.05, 3.63) is 35.7 Å². The summed E-state index contributed by atoms with van der Waals surface area (Å²) in [6.45, 7) is 4.11. The molecule has 1 aromatic heterocycles. The number of carbonyl (C=O) groups excluding carboxylic acids is 1. The summed E-state index contributed by atoms with van der Waals surface area (Å²) in [5, 5.41) is 2.79. The van der Waals surface area contributed by atoms with Crippen molar-refractivity contribution in [2.24, 2.45) is 5.73 Å². The molecule has 6 heteroatoms. The zero-order chi connectivity index (χ0) is 13.8. The molecule has 0 aliphatic carbocycles. The standard InChI is InChI=1S/C14H17N3O2.ClH/c1-9-10(2)19-14(16-9)11-4-3-5-12(8-11)17-13(18)6-7-15;/h3-5,8H,6-7,15H2,1-2H3,(H,17,18);1H. The lowest BCUT2D eigenvalue weighted by molar-refractivity contribution is -0.116. The molecule has 108 valence electrons. The molecule has 2 rings (SSSR count). The van der Waals surface area contributed by atoms with Crippen molar-refractivity contribution in [2.45, 2.75) is 20.3 Å². The predicted octanol–water partition coefficient (Wildman–Crippen LogP) is 2.67. The van der Waals surface area contributed by atoms with Gasteiger partial charge in [-0.15, -0.1) is 12.4 Å². The largest absolute Gasteiger partial charge is 0.441 e. The van der Waals surface area contributed by atoms with Crippen molar-refractivity contribution >= 4 is 24.0 Å². The second-order valence-electron chi connectivity index (χ2n) is 4.33. The summed E-state index contributed by atoms with van der Waals surface area (Å²) in [6.07, 6.45) is 0.307. The number of aromatic nitrogens is 1. The fraction of sp³-hybridized carbons (Fsp3) is 0.286. The van der Waals surface area contributed by atoms with Gasteiger partial charge in [0.1, 0.15) is 5.76 Å². The molecule has 0 unspecified atom stereocenters. The Balaban J connectivity index is 0.00000200. The van der Waals surface area contributed by atoms with Gasteiger partial charge in [0.15, 0.2) is 0 Å². The topological polar surface area (TPSA) is 81.2 Å². The minimum Gasteiger partial charge on any atom is -0.441 e. The van der Waals surface area contributed by atoms with E-state index in [2.05, 4.69) is 10.3 Å². The number of nitrogens with one attached hydrogen (secondary N) is 1. The van der Waals surface area contributed by atoms with Crippen LogP contribution in [0.4, 0.5) is 5.69 Å². The van der Waals surface area contributed by atoms with Gasteiger partial charge < -0.3 is 15.5 Å². The Morgan fingerprint density at radius 1 is 1.40 bits per heavy atom. The second kappa shape index (κ2) is 7.07. The normalized spacial score (nSPS) is 9.95. The number of aryl methyl sites for hydroxylation is 2. The van der Waals surface area contributed by atoms with E-state index in [0.717, 1.165) is 17.0 Å². The Morgan fingerprint density at radius 2 is 2.15 bits per heavy atom. The second-order valence-corrected chi connectivity index (χ2v) is 4.33. The first-order valence-electron chi connectivity index (χ1n) is 6.14. The highest BCUT2D eigenvalue weighted by molar-refractivity contribution is 5.91. The van der Waals surface area contributed by atoms with E-state index in [1.54, 1.807) is 0 Å². The summed E-state index contributed by atoms with van der Waals surface area (Å²) in [4.78, 5) is 15.8. The van der Waals surface area contributed by atoms with Crippen LogP contribution >= 0.6 is 12.4 Å². The molecule has 0 saturated heterocycles. The monoisotopic (exact) mass is 295 g/mol. The lowest BCUT2D eigenvalue weighted by Crippen LogP contribution is -2.16. The first kappa shape index (κ1) is 16.2. The maximum atomic E-state index is 11.5. The van der Waals surface area contributed by atoms with Crippen molar-refractivity contribution in [2.75, 3.05) is 11.9 Å². The molecule has 1 amide bonds. The lowest BCUT2D eigenvalue weighted by atomic mass is 10.2. The molecule has 1 aromatic carbocycles. The Morgan fingerprint density at radius 3 is 2.75 bits per heavy atom. The van der Waals surface area contributed by atoms with Crippen molar-refractivity contribution in [3.63, 3.8) is 0 Å². The minimum atomic E-state index is -0.0978. The quantitative estimate of drug-likeness (QED) is 0.908. The number of halogens is 1. The summed E-state index contributed by atoms with van der Waals surface area (Å²) in [5.74, 6) is 1.26. The third-order valence-electron chi connectivity index (χ3n) is 2.79. The summed E-state index contributed by atoms with van der Waals surface area (Å²) < 4.78 is 5.56. The molecule has 2 aromatic rings. The zero-order valence-corrected chi connectivity index (χ0v) is 12.3. The number of amides is 1. The van der Waals surface area contributed by atoms with Crippen LogP contribution < -0.4 is 11.1 Å². The van der Waals surface area contributed by atoms with Crippen molar-refractivity contribution < 1.29 is 9.21 Å². The van der Waals surface area contributed by atoms with Gasteiger partial charge in [-0.25, -0.2) is 4.98 Å². The molecule has 3 N–H and O–H groups in total. The summed E-state index contributed by atoms with van der Waals surface area (Å²) in [6, 6.07) is 7.39. The van der Waals surface area contributed by atoms with E-state index in [4.69, 9.17) is 10.2 Å². The average Bonchev–Trinajstić information content (AvgIpc) is 2.70. The van der Waals surface area contributed by atoms with Gasteiger partial charge in [-0.05, 0) is 32.0 Å². The number of hydrogen-bond donors (Lipinski definition) is 2. The number of nitrogens with zero attached hydrogens (tertiary/aromatic N) is 1. The summed E-state index contributed by atoms with van der Waals surface area (Å²) in [5.41, 5.74) is 7.75. The number of oxazole rings is 1. The van der Waals surface area contributed by atoms with Gasteiger partial charge in [0.05, 0.1) is 5.69 Å². The number of anilines is 1. The van der Waals surface area contributed by atoms with Gasteiger partial charge in [-0.2, -0.15) is 0 Å². The average molecular weight is 296 g/mol. The van der Waals surface area contributed by atoms with Crippen LogP contribution in [0, 0.1) is 13.8 Å². The van der Waals surface area contributed by atoms with Crippen LogP contribution in [0.3, 0.4) is 0 Å². The number of nitrogens with two attached hydrogens (primary N) is 1.